The number of aromatic nitrogens is 1. The molecule has 2 fully saturated rings. The van der Waals surface area contributed by atoms with Crippen LogP contribution >= 0.6 is 24.0 Å². The van der Waals surface area contributed by atoms with E-state index in [1.165, 1.54) is 17.8 Å². The van der Waals surface area contributed by atoms with Crippen LogP contribution < -0.4 is 20.1 Å². The zero-order chi connectivity index (χ0) is 32.1. The summed E-state index contributed by atoms with van der Waals surface area (Å²) < 4.78 is 22.0. The van der Waals surface area contributed by atoms with Gasteiger partial charge in [0.1, 0.15) is 33.3 Å². The molecular formula is C34H36FN5O3S2. The Morgan fingerprint density at radius 3 is 2.38 bits per heavy atom. The molecule has 2 aliphatic rings. The molecule has 3 heterocycles. The van der Waals surface area contributed by atoms with Gasteiger partial charge in [0, 0.05) is 44.8 Å². The predicted octanol–water partition coefficient (Wildman–Crippen LogP) is 5.75. The van der Waals surface area contributed by atoms with Crippen LogP contribution in [0.1, 0.15) is 42.0 Å². The minimum atomic E-state index is -0.334. The molecule has 2 aliphatic heterocycles. The summed E-state index contributed by atoms with van der Waals surface area (Å²) in [5.41, 5.74) is 2.54. The van der Waals surface area contributed by atoms with Gasteiger partial charge in [0.05, 0.1) is 17.7 Å². The number of hydrogen-bond donors (Lipinski definition) is 0. The number of anilines is 2. The molecule has 1 aromatic heterocycles. The van der Waals surface area contributed by atoms with E-state index < -0.39 is 0 Å². The predicted molar refractivity (Wildman–Crippen MR) is 182 cm³/mol. The van der Waals surface area contributed by atoms with Crippen LogP contribution in [0.5, 0.6) is 5.75 Å². The van der Waals surface area contributed by atoms with E-state index in [0.29, 0.717) is 77.5 Å². The van der Waals surface area contributed by atoms with Crippen LogP contribution in [0, 0.1) is 24.1 Å². The van der Waals surface area contributed by atoms with Crippen LogP contribution in [0.3, 0.4) is 0 Å². The lowest BCUT2D eigenvalue weighted by atomic mass is 10.0. The average molecular weight is 646 g/mol. The van der Waals surface area contributed by atoms with Crippen molar-refractivity contribution in [2.24, 2.45) is 0 Å². The quantitative estimate of drug-likeness (QED) is 0.204. The smallest absolute Gasteiger partial charge is 0.270 e. The number of hydrogen-bond acceptors (Lipinski definition) is 8. The summed E-state index contributed by atoms with van der Waals surface area (Å²) in [4.78, 5) is 33.5. The lowest BCUT2D eigenvalue weighted by Gasteiger charge is -2.39. The molecular weight excluding hydrogens is 610 g/mol. The molecule has 8 nitrogen and oxygen atoms in total. The monoisotopic (exact) mass is 645 g/mol. The van der Waals surface area contributed by atoms with E-state index in [9.17, 15) is 19.2 Å². The van der Waals surface area contributed by atoms with Gasteiger partial charge in [-0.05, 0) is 61.2 Å². The van der Waals surface area contributed by atoms with Gasteiger partial charge in [0.25, 0.3) is 11.5 Å². The van der Waals surface area contributed by atoms with Gasteiger partial charge in [-0.2, -0.15) is 5.26 Å². The summed E-state index contributed by atoms with van der Waals surface area (Å²) in [6, 6.07) is 16.6. The van der Waals surface area contributed by atoms with E-state index in [1.54, 1.807) is 41.7 Å². The van der Waals surface area contributed by atoms with E-state index in [-0.39, 0.29) is 22.8 Å². The average Bonchev–Trinajstić information content (AvgIpc) is 3.32. The molecule has 0 bridgehead atoms. The highest BCUT2D eigenvalue weighted by Gasteiger charge is 2.33. The molecule has 1 amide bonds. The number of methoxy groups -OCH3 is 1. The zero-order valence-corrected chi connectivity index (χ0v) is 27.3. The summed E-state index contributed by atoms with van der Waals surface area (Å²) >= 11 is 6.86. The number of nitrogens with zero attached hydrogens (tertiary/aromatic N) is 5. The van der Waals surface area contributed by atoms with Crippen molar-refractivity contribution in [2.75, 3.05) is 49.6 Å². The number of para-hydroxylation sites is 1. The number of carbonyl (C=O) groups excluding carboxylic acids is 1. The molecule has 0 atom stereocenters. The SMILES string of the molecule is CCCCn1c(N2CCN(c3ccccc3F)CC2)c(C=C2SC(=S)N(CCc3ccc(OC)cc3)C2=O)c(C)c(C#N)c1=O. The molecule has 5 rings (SSSR count). The number of amides is 1. The lowest BCUT2D eigenvalue weighted by molar-refractivity contribution is -0.122. The number of piperazine rings is 1. The van der Waals surface area contributed by atoms with Crippen LogP contribution in [0.2, 0.25) is 0 Å². The Hall–Kier alpha value is -4.14. The number of thiocarbonyl (C=S) groups is 1. The molecule has 3 aromatic rings. The molecule has 0 unspecified atom stereocenters. The summed E-state index contributed by atoms with van der Waals surface area (Å²) in [5.74, 6) is 0.985. The summed E-state index contributed by atoms with van der Waals surface area (Å²) in [7, 11) is 1.62. The van der Waals surface area contributed by atoms with Crippen LogP contribution in [-0.2, 0) is 17.8 Å². The van der Waals surface area contributed by atoms with Gasteiger partial charge in [-0.25, -0.2) is 4.39 Å². The standard InChI is InChI=1S/C34H36FN5O3S2/c1-4-5-15-39-31(38-19-17-37(18-20-38)29-9-7-6-8-28(29)35)26(23(2)27(22-36)32(39)41)21-30-33(42)40(34(44)45-30)16-14-24-10-12-25(43-3)13-11-24/h6-13,21H,4-5,14-20H2,1-3H3. The van der Waals surface area contributed by atoms with Crippen LogP contribution in [0.25, 0.3) is 6.08 Å². The van der Waals surface area contributed by atoms with Crippen LogP contribution in [0.4, 0.5) is 15.9 Å². The maximum Gasteiger partial charge on any atom is 0.270 e. The van der Waals surface area contributed by atoms with Gasteiger partial charge in [-0.15, -0.1) is 0 Å². The maximum absolute atomic E-state index is 14.6. The van der Waals surface area contributed by atoms with Gasteiger partial charge in [-0.1, -0.05) is 61.6 Å². The third-order valence-electron chi connectivity index (χ3n) is 8.29. The number of carbonyl (C=O) groups is 1. The van der Waals surface area contributed by atoms with Crippen LogP contribution in [-0.4, -0.2) is 59.5 Å². The fraction of sp³-hybridized carbons (Fsp3) is 0.353. The number of unbranched alkanes of at least 4 members (excludes halogenated alkanes) is 1. The van der Waals surface area contributed by atoms with E-state index in [1.807, 2.05) is 35.2 Å². The Morgan fingerprint density at radius 2 is 1.73 bits per heavy atom. The van der Waals surface area contributed by atoms with E-state index >= 15 is 0 Å². The molecule has 2 aromatic carbocycles. The highest BCUT2D eigenvalue weighted by atomic mass is 32.2. The molecule has 0 aliphatic carbocycles. The third kappa shape index (κ3) is 6.77. The van der Waals surface area contributed by atoms with Crippen molar-refractivity contribution < 1.29 is 13.9 Å². The lowest BCUT2D eigenvalue weighted by Crippen LogP contribution is -2.49. The van der Waals surface area contributed by atoms with Gasteiger partial charge in [-0.3, -0.25) is 19.1 Å². The summed E-state index contributed by atoms with van der Waals surface area (Å²) in [6.45, 7) is 6.86. The topological polar surface area (TPSA) is 81.8 Å². The van der Waals surface area contributed by atoms with Crippen molar-refractivity contribution in [3.63, 3.8) is 0 Å². The molecule has 234 valence electrons. The first-order valence-electron chi connectivity index (χ1n) is 15.1. The van der Waals surface area contributed by atoms with Crippen molar-refractivity contribution in [3.8, 4) is 11.8 Å². The van der Waals surface area contributed by atoms with Crippen molar-refractivity contribution in [1.82, 2.24) is 9.47 Å². The molecule has 0 saturated carbocycles. The Morgan fingerprint density at radius 1 is 1.04 bits per heavy atom. The fourth-order valence-corrected chi connectivity index (χ4v) is 7.02. The van der Waals surface area contributed by atoms with Crippen molar-refractivity contribution in [1.29, 1.82) is 5.26 Å². The van der Waals surface area contributed by atoms with Crippen molar-refractivity contribution >= 4 is 51.8 Å². The Bertz CT molecular complexity index is 1720. The van der Waals surface area contributed by atoms with Gasteiger partial charge in [0.15, 0.2) is 0 Å². The second kappa shape index (κ2) is 14.3. The number of pyridine rings is 1. The number of thioether (sulfide) groups is 1. The molecule has 0 spiro atoms. The zero-order valence-electron chi connectivity index (χ0n) is 25.7. The maximum atomic E-state index is 14.6. The van der Waals surface area contributed by atoms with Gasteiger partial charge < -0.3 is 14.5 Å². The number of benzene rings is 2. The first-order valence-corrected chi connectivity index (χ1v) is 16.3. The second-order valence-corrected chi connectivity index (χ2v) is 12.7. The van der Waals surface area contributed by atoms with Crippen molar-refractivity contribution in [3.05, 3.63) is 91.9 Å². The molecule has 11 heteroatoms. The number of nitriles is 1. The Kier molecular flexibility index (Phi) is 10.3. The number of rotatable bonds is 10. The number of ether oxygens (including phenoxy) is 1. The first-order chi connectivity index (χ1) is 21.8. The fourth-order valence-electron chi connectivity index (χ4n) is 5.73. The largest absolute Gasteiger partial charge is 0.497 e. The summed E-state index contributed by atoms with van der Waals surface area (Å²) in [5, 5.41) is 10.0. The van der Waals surface area contributed by atoms with Gasteiger partial charge >= 0.3 is 0 Å². The summed E-state index contributed by atoms with van der Waals surface area (Å²) in [6.07, 6.45) is 4.04. The second-order valence-electron chi connectivity index (χ2n) is 11.0. The minimum Gasteiger partial charge on any atom is -0.497 e. The first kappa shape index (κ1) is 32.3. The normalized spacial score (nSPS) is 16.1. The van der Waals surface area contributed by atoms with E-state index in [4.69, 9.17) is 17.0 Å². The van der Waals surface area contributed by atoms with Gasteiger partial charge in [0.2, 0.25) is 0 Å². The molecule has 45 heavy (non-hydrogen) atoms. The molecule has 2 saturated heterocycles. The van der Waals surface area contributed by atoms with E-state index in [2.05, 4.69) is 17.9 Å². The van der Waals surface area contributed by atoms with E-state index in [0.717, 1.165) is 24.2 Å². The Balaban J connectivity index is 1.48. The van der Waals surface area contributed by atoms with Crippen molar-refractivity contribution in [2.45, 2.75) is 39.7 Å². The molecule has 0 radical (unpaired) electrons. The number of halogens is 1. The minimum absolute atomic E-state index is 0.0704. The van der Waals surface area contributed by atoms with Crippen LogP contribution in [0.15, 0.2) is 58.2 Å². The molecule has 0 N–H and O–H groups in total. The Labute approximate surface area is 272 Å². The highest BCUT2D eigenvalue weighted by molar-refractivity contribution is 8.26. The highest BCUT2D eigenvalue weighted by Crippen LogP contribution is 2.36. The third-order valence-corrected chi connectivity index (χ3v) is 9.66.